The van der Waals surface area contributed by atoms with Gasteiger partial charge in [-0.2, -0.15) is 0 Å². The number of terminal acetylenes is 2. The Morgan fingerprint density at radius 2 is 2.11 bits per heavy atom. The molecule has 19 heavy (non-hydrogen) atoms. The van der Waals surface area contributed by atoms with Crippen LogP contribution in [0.4, 0.5) is 0 Å². The van der Waals surface area contributed by atoms with E-state index >= 15 is 0 Å². The third-order valence-corrected chi connectivity index (χ3v) is 2.69. The van der Waals surface area contributed by atoms with Crippen molar-refractivity contribution in [3.8, 4) is 24.7 Å². The first-order valence-electron chi connectivity index (χ1n) is 6.19. The molecule has 0 saturated heterocycles. The lowest BCUT2D eigenvalue weighted by molar-refractivity contribution is -0.671. The molecule has 0 N–H and O–H groups in total. The summed E-state index contributed by atoms with van der Waals surface area (Å²) in [5, 5.41) is 0. The van der Waals surface area contributed by atoms with Gasteiger partial charge in [-0.25, -0.2) is 9.13 Å². The number of aryl methyl sites for hydroxylation is 2. The molecular weight excluding hydrogens is 240 g/mol. The van der Waals surface area contributed by atoms with Gasteiger partial charge in [0, 0.05) is 18.8 Å². The van der Waals surface area contributed by atoms with Gasteiger partial charge in [0.05, 0.1) is 20.1 Å². The first-order chi connectivity index (χ1) is 9.15. The van der Waals surface area contributed by atoms with Crippen LogP contribution in [0.5, 0.6) is 0 Å². The second kappa shape index (κ2) is 8.00. The fourth-order valence-electron chi connectivity index (χ4n) is 1.66. The molecule has 0 aliphatic heterocycles. The van der Waals surface area contributed by atoms with E-state index in [2.05, 4.69) is 11.8 Å². The van der Waals surface area contributed by atoms with E-state index < -0.39 is 0 Å². The lowest BCUT2D eigenvalue weighted by atomic mass is 10.0. The highest BCUT2D eigenvalue weighted by Gasteiger charge is 2.11. The van der Waals surface area contributed by atoms with E-state index in [1.54, 1.807) is 0 Å². The summed E-state index contributed by atoms with van der Waals surface area (Å²) in [4.78, 5) is 11.6. The fourth-order valence-corrected chi connectivity index (χ4v) is 1.66. The maximum Gasteiger partial charge on any atom is 0.309 e. The summed E-state index contributed by atoms with van der Waals surface area (Å²) in [5.74, 6) is 4.92. The van der Waals surface area contributed by atoms with Crippen molar-refractivity contribution in [2.75, 3.05) is 6.61 Å². The van der Waals surface area contributed by atoms with Crippen molar-refractivity contribution < 1.29 is 14.1 Å². The third-order valence-electron chi connectivity index (χ3n) is 2.69. The molecule has 0 aliphatic rings. The molecular formula is C15H19N2O2+. The van der Waals surface area contributed by atoms with Crippen LogP contribution in [0.3, 0.4) is 0 Å². The molecule has 0 saturated carbocycles. The van der Waals surface area contributed by atoms with Gasteiger partial charge in [-0.1, -0.05) is 0 Å². The average Bonchev–Trinajstić information content (AvgIpc) is 2.80. The number of carbonyl (C=O) groups excluding carboxylic acids is 1. The SMILES string of the molecule is C#CCC(CC#C)COC(=O)CCn1cc[n+](C)c1. The summed E-state index contributed by atoms with van der Waals surface area (Å²) in [5.41, 5.74) is 0. The van der Waals surface area contributed by atoms with E-state index in [0.29, 0.717) is 32.4 Å². The average molecular weight is 259 g/mol. The van der Waals surface area contributed by atoms with Crippen molar-refractivity contribution in [2.45, 2.75) is 25.8 Å². The molecule has 1 aromatic rings. The van der Waals surface area contributed by atoms with Gasteiger partial charge in [-0.15, -0.1) is 24.7 Å². The Hall–Kier alpha value is -2.20. The van der Waals surface area contributed by atoms with Gasteiger partial charge < -0.3 is 4.74 Å². The molecule has 100 valence electrons. The zero-order valence-electron chi connectivity index (χ0n) is 11.2. The second-order valence-electron chi connectivity index (χ2n) is 4.43. The molecule has 0 radical (unpaired) electrons. The van der Waals surface area contributed by atoms with Crippen LogP contribution in [0.2, 0.25) is 0 Å². The minimum atomic E-state index is -0.226. The Kier molecular flexibility index (Phi) is 6.26. The van der Waals surface area contributed by atoms with Gasteiger partial charge in [-0.05, 0) is 0 Å². The largest absolute Gasteiger partial charge is 0.465 e. The summed E-state index contributed by atoms with van der Waals surface area (Å²) in [7, 11) is 1.93. The number of nitrogens with zero attached hydrogens (tertiary/aromatic N) is 2. The van der Waals surface area contributed by atoms with E-state index in [1.807, 2.05) is 34.9 Å². The standard InChI is InChI=1S/C15H19N2O2/c1-4-6-14(7-5-2)12-19-15(18)8-9-17-11-10-16(3)13-17/h1-2,10-11,13-14H,6-9,12H2,3H3/q+1. The van der Waals surface area contributed by atoms with E-state index in [-0.39, 0.29) is 11.9 Å². The van der Waals surface area contributed by atoms with Gasteiger partial charge >= 0.3 is 5.97 Å². The fraction of sp³-hybridized carbons (Fsp3) is 0.467. The predicted molar refractivity (Wildman–Crippen MR) is 71.6 cm³/mol. The molecule has 0 bridgehead atoms. The molecule has 4 nitrogen and oxygen atoms in total. The highest BCUT2D eigenvalue weighted by Crippen LogP contribution is 2.08. The van der Waals surface area contributed by atoms with E-state index in [9.17, 15) is 4.79 Å². The van der Waals surface area contributed by atoms with Crippen LogP contribution in [0, 0.1) is 30.6 Å². The Morgan fingerprint density at radius 3 is 2.63 bits per heavy atom. The molecule has 0 aliphatic carbocycles. The highest BCUT2D eigenvalue weighted by atomic mass is 16.5. The minimum Gasteiger partial charge on any atom is -0.465 e. The number of ether oxygens (including phenoxy) is 1. The monoisotopic (exact) mass is 259 g/mol. The normalized spacial score (nSPS) is 9.89. The summed E-state index contributed by atoms with van der Waals surface area (Å²) in [6.45, 7) is 0.904. The second-order valence-corrected chi connectivity index (χ2v) is 4.43. The molecule has 1 aromatic heterocycles. The summed E-state index contributed by atoms with van der Waals surface area (Å²) < 4.78 is 9.04. The smallest absolute Gasteiger partial charge is 0.309 e. The van der Waals surface area contributed by atoms with Crippen molar-refractivity contribution in [2.24, 2.45) is 13.0 Å². The molecule has 4 heteroatoms. The van der Waals surface area contributed by atoms with Crippen LogP contribution >= 0.6 is 0 Å². The molecule has 0 amide bonds. The Bertz CT molecular complexity index is 475. The van der Waals surface area contributed by atoms with Crippen molar-refractivity contribution in [1.29, 1.82) is 0 Å². The number of esters is 1. The quantitative estimate of drug-likeness (QED) is 0.414. The Labute approximate surface area is 114 Å². The van der Waals surface area contributed by atoms with Crippen molar-refractivity contribution in [1.82, 2.24) is 4.57 Å². The van der Waals surface area contributed by atoms with Crippen LogP contribution < -0.4 is 4.57 Å². The molecule has 0 unspecified atom stereocenters. The topological polar surface area (TPSA) is 35.1 Å². The zero-order chi connectivity index (χ0) is 14.1. The summed E-state index contributed by atoms with van der Waals surface area (Å²) in [6, 6.07) is 0. The lowest BCUT2D eigenvalue weighted by Gasteiger charge is -2.11. The van der Waals surface area contributed by atoms with Gasteiger partial charge in [-0.3, -0.25) is 4.79 Å². The van der Waals surface area contributed by atoms with Gasteiger partial charge in [0.25, 0.3) is 0 Å². The first kappa shape index (κ1) is 14.9. The van der Waals surface area contributed by atoms with Crippen LogP contribution in [-0.2, 0) is 23.1 Å². The van der Waals surface area contributed by atoms with Crippen molar-refractivity contribution in [3.05, 3.63) is 18.7 Å². The van der Waals surface area contributed by atoms with Crippen LogP contribution in [0.25, 0.3) is 0 Å². The summed E-state index contributed by atoms with van der Waals surface area (Å²) in [6.07, 6.45) is 17.6. The minimum absolute atomic E-state index is 0.0586. The van der Waals surface area contributed by atoms with E-state index in [1.165, 1.54) is 0 Å². The number of hydrogen-bond donors (Lipinski definition) is 0. The zero-order valence-corrected chi connectivity index (χ0v) is 11.2. The third kappa shape index (κ3) is 5.79. The number of aromatic nitrogens is 2. The van der Waals surface area contributed by atoms with Crippen LogP contribution in [0.1, 0.15) is 19.3 Å². The van der Waals surface area contributed by atoms with Gasteiger partial charge in [0.1, 0.15) is 18.9 Å². The predicted octanol–water partition coefficient (Wildman–Crippen LogP) is 0.909. The van der Waals surface area contributed by atoms with Crippen LogP contribution in [0.15, 0.2) is 18.7 Å². The molecule has 0 aromatic carbocycles. The molecule has 0 fully saturated rings. The Balaban J connectivity index is 2.27. The van der Waals surface area contributed by atoms with Crippen molar-refractivity contribution >= 4 is 5.97 Å². The number of carbonyl (C=O) groups is 1. The molecule has 1 rings (SSSR count). The molecule has 0 spiro atoms. The van der Waals surface area contributed by atoms with Crippen molar-refractivity contribution in [3.63, 3.8) is 0 Å². The van der Waals surface area contributed by atoms with Gasteiger partial charge in [0.15, 0.2) is 0 Å². The highest BCUT2D eigenvalue weighted by molar-refractivity contribution is 5.69. The van der Waals surface area contributed by atoms with E-state index in [4.69, 9.17) is 17.6 Å². The Morgan fingerprint density at radius 1 is 1.42 bits per heavy atom. The maximum absolute atomic E-state index is 11.6. The number of hydrogen-bond acceptors (Lipinski definition) is 2. The summed E-state index contributed by atoms with van der Waals surface area (Å²) >= 11 is 0. The number of imidazole rings is 1. The maximum atomic E-state index is 11.6. The molecule has 1 heterocycles. The van der Waals surface area contributed by atoms with E-state index in [0.717, 1.165) is 0 Å². The van der Waals surface area contributed by atoms with Gasteiger partial charge in [0.2, 0.25) is 6.33 Å². The first-order valence-corrected chi connectivity index (χ1v) is 6.19. The van der Waals surface area contributed by atoms with Crippen LogP contribution in [-0.4, -0.2) is 17.1 Å². The number of rotatable bonds is 7. The lowest BCUT2D eigenvalue weighted by Crippen LogP contribution is -2.24. The molecule has 0 atom stereocenters.